The van der Waals surface area contributed by atoms with Crippen LogP contribution in [0.3, 0.4) is 0 Å². The van der Waals surface area contributed by atoms with Crippen molar-refractivity contribution in [2.45, 2.75) is 19.4 Å². The predicted molar refractivity (Wildman–Crippen MR) is 75.7 cm³/mol. The van der Waals surface area contributed by atoms with E-state index < -0.39 is 0 Å². The Kier molecular flexibility index (Phi) is 4.32. The smallest absolute Gasteiger partial charge is 0.257 e. The first-order chi connectivity index (χ1) is 9.06. The average molecular weight is 283 g/mol. The summed E-state index contributed by atoms with van der Waals surface area (Å²) >= 11 is 5.97. The van der Waals surface area contributed by atoms with Gasteiger partial charge in [-0.05, 0) is 44.0 Å². The zero-order valence-corrected chi connectivity index (χ0v) is 12.0. The van der Waals surface area contributed by atoms with E-state index in [9.17, 15) is 4.79 Å². The zero-order chi connectivity index (χ0) is 14.0. The summed E-state index contributed by atoms with van der Waals surface area (Å²) in [4.78, 5) is 14.5. The van der Waals surface area contributed by atoms with Gasteiger partial charge in [0.25, 0.3) is 5.91 Å². The van der Waals surface area contributed by atoms with Crippen LogP contribution in [0.25, 0.3) is 0 Å². The summed E-state index contributed by atoms with van der Waals surface area (Å²) in [5.74, 6) is 0.893. The van der Waals surface area contributed by atoms with Gasteiger partial charge < -0.3 is 15.4 Å². The van der Waals surface area contributed by atoms with Gasteiger partial charge in [0.1, 0.15) is 5.75 Å². The Labute approximate surface area is 118 Å². The topological polar surface area (TPSA) is 55.6 Å². The maximum absolute atomic E-state index is 12.6. The molecule has 104 valence electrons. The first-order valence-corrected chi connectivity index (χ1v) is 6.79. The number of hydrogen-bond donors (Lipinski definition) is 1. The molecule has 2 unspecified atom stereocenters. The SMILES string of the molecule is COc1ccc(Cl)cc1C(=O)N1CC(CN)CC1C. The number of nitrogens with two attached hydrogens (primary N) is 1. The number of halogens is 1. The molecule has 0 spiro atoms. The number of nitrogens with zero attached hydrogens (tertiary/aromatic N) is 1. The quantitative estimate of drug-likeness (QED) is 0.924. The normalized spacial score (nSPS) is 22.6. The standard InChI is InChI=1S/C14H19ClN2O2/c1-9-5-10(7-16)8-17(9)14(18)12-6-11(15)3-4-13(12)19-2/h3-4,6,9-10H,5,7-8,16H2,1-2H3. The second kappa shape index (κ2) is 5.80. The molecule has 1 aromatic carbocycles. The van der Waals surface area contributed by atoms with Crippen molar-refractivity contribution >= 4 is 17.5 Å². The first-order valence-electron chi connectivity index (χ1n) is 6.41. The van der Waals surface area contributed by atoms with Crippen LogP contribution in [0, 0.1) is 5.92 Å². The fourth-order valence-corrected chi connectivity index (χ4v) is 2.77. The number of rotatable bonds is 3. The minimum Gasteiger partial charge on any atom is -0.496 e. The van der Waals surface area contributed by atoms with Gasteiger partial charge in [-0.2, -0.15) is 0 Å². The van der Waals surface area contributed by atoms with Crippen molar-refractivity contribution < 1.29 is 9.53 Å². The molecule has 1 aliphatic rings. The summed E-state index contributed by atoms with van der Waals surface area (Å²) < 4.78 is 5.24. The molecule has 1 fully saturated rings. The van der Waals surface area contributed by atoms with E-state index in [0.29, 0.717) is 35.3 Å². The number of methoxy groups -OCH3 is 1. The number of likely N-dealkylation sites (tertiary alicyclic amines) is 1. The number of amides is 1. The van der Waals surface area contributed by atoms with Crippen LogP contribution in [0.5, 0.6) is 5.75 Å². The highest BCUT2D eigenvalue weighted by Crippen LogP contribution is 2.29. The van der Waals surface area contributed by atoms with Gasteiger partial charge in [-0.25, -0.2) is 0 Å². The van der Waals surface area contributed by atoms with E-state index in [2.05, 4.69) is 0 Å². The Balaban J connectivity index is 2.27. The number of carbonyl (C=O) groups is 1. The largest absolute Gasteiger partial charge is 0.496 e. The molecule has 4 nitrogen and oxygen atoms in total. The summed E-state index contributed by atoms with van der Waals surface area (Å²) in [6, 6.07) is 5.29. The molecule has 19 heavy (non-hydrogen) atoms. The van der Waals surface area contributed by atoms with Crippen molar-refractivity contribution in [1.29, 1.82) is 0 Å². The number of carbonyl (C=O) groups excluding carboxylic acids is 1. The summed E-state index contributed by atoms with van der Waals surface area (Å²) in [5.41, 5.74) is 6.21. The van der Waals surface area contributed by atoms with Gasteiger partial charge in [0.2, 0.25) is 0 Å². The van der Waals surface area contributed by atoms with Crippen molar-refractivity contribution in [3.63, 3.8) is 0 Å². The molecule has 0 radical (unpaired) electrons. The Morgan fingerprint density at radius 3 is 2.89 bits per heavy atom. The zero-order valence-electron chi connectivity index (χ0n) is 11.2. The average Bonchev–Trinajstić information content (AvgIpc) is 2.79. The molecule has 1 aromatic rings. The van der Waals surface area contributed by atoms with E-state index in [1.165, 1.54) is 0 Å². The van der Waals surface area contributed by atoms with Crippen LogP contribution in [-0.2, 0) is 0 Å². The molecule has 1 heterocycles. The monoisotopic (exact) mass is 282 g/mol. The maximum atomic E-state index is 12.6. The summed E-state index contributed by atoms with van der Waals surface area (Å²) in [7, 11) is 1.55. The van der Waals surface area contributed by atoms with E-state index in [1.54, 1.807) is 25.3 Å². The lowest BCUT2D eigenvalue weighted by Crippen LogP contribution is -2.34. The highest BCUT2D eigenvalue weighted by Gasteiger charge is 2.33. The summed E-state index contributed by atoms with van der Waals surface area (Å²) in [5, 5.41) is 0.534. The fraction of sp³-hybridized carbons (Fsp3) is 0.500. The van der Waals surface area contributed by atoms with Crippen LogP contribution in [0.4, 0.5) is 0 Å². The van der Waals surface area contributed by atoms with Crippen molar-refractivity contribution in [2.75, 3.05) is 20.2 Å². The van der Waals surface area contributed by atoms with Crippen LogP contribution < -0.4 is 10.5 Å². The lowest BCUT2D eigenvalue weighted by molar-refractivity contribution is 0.0740. The molecule has 0 bridgehead atoms. The lowest BCUT2D eigenvalue weighted by atomic mass is 10.1. The van der Waals surface area contributed by atoms with Gasteiger partial charge in [0.05, 0.1) is 12.7 Å². The molecule has 2 atom stereocenters. The van der Waals surface area contributed by atoms with Crippen LogP contribution in [0.15, 0.2) is 18.2 Å². The highest BCUT2D eigenvalue weighted by atomic mass is 35.5. The summed E-state index contributed by atoms with van der Waals surface area (Å²) in [6.07, 6.45) is 0.950. The van der Waals surface area contributed by atoms with E-state index >= 15 is 0 Å². The van der Waals surface area contributed by atoms with Crippen LogP contribution >= 0.6 is 11.6 Å². The van der Waals surface area contributed by atoms with E-state index in [1.807, 2.05) is 11.8 Å². The Bertz CT molecular complexity index is 479. The predicted octanol–water partition coefficient (Wildman–Crippen LogP) is 2.16. The van der Waals surface area contributed by atoms with Gasteiger partial charge in [-0.1, -0.05) is 11.6 Å². The third-order valence-corrected chi connectivity index (χ3v) is 3.88. The van der Waals surface area contributed by atoms with Crippen molar-refractivity contribution in [3.8, 4) is 5.75 Å². The second-order valence-corrected chi connectivity index (χ2v) is 5.43. The van der Waals surface area contributed by atoms with Gasteiger partial charge in [0.15, 0.2) is 0 Å². The van der Waals surface area contributed by atoms with Crippen LogP contribution in [-0.4, -0.2) is 37.0 Å². The Morgan fingerprint density at radius 2 is 2.32 bits per heavy atom. The minimum atomic E-state index is -0.0391. The Hall–Kier alpha value is -1.26. The Morgan fingerprint density at radius 1 is 1.58 bits per heavy atom. The van der Waals surface area contributed by atoms with Crippen molar-refractivity contribution in [2.24, 2.45) is 11.7 Å². The lowest BCUT2D eigenvalue weighted by Gasteiger charge is -2.22. The molecule has 2 rings (SSSR count). The van der Waals surface area contributed by atoms with E-state index in [4.69, 9.17) is 22.1 Å². The molecule has 2 N–H and O–H groups in total. The van der Waals surface area contributed by atoms with Crippen molar-refractivity contribution in [3.05, 3.63) is 28.8 Å². The van der Waals surface area contributed by atoms with Crippen molar-refractivity contribution in [1.82, 2.24) is 4.90 Å². The van der Waals surface area contributed by atoms with Gasteiger partial charge in [-0.15, -0.1) is 0 Å². The third-order valence-electron chi connectivity index (χ3n) is 3.65. The van der Waals surface area contributed by atoms with Crippen LogP contribution in [0.1, 0.15) is 23.7 Å². The molecule has 5 heteroatoms. The van der Waals surface area contributed by atoms with Gasteiger partial charge in [0, 0.05) is 17.6 Å². The summed E-state index contributed by atoms with van der Waals surface area (Å²) in [6.45, 7) is 3.36. The molecular formula is C14H19ClN2O2. The molecule has 1 amide bonds. The van der Waals surface area contributed by atoms with Gasteiger partial charge >= 0.3 is 0 Å². The highest BCUT2D eigenvalue weighted by molar-refractivity contribution is 6.31. The number of ether oxygens (including phenoxy) is 1. The number of benzene rings is 1. The van der Waals surface area contributed by atoms with Gasteiger partial charge in [-0.3, -0.25) is 4.79 Å². The van der Waals surface area contributed by atoms with E-state index in [0.717, 1.165) is 6.42 Å². The van der Waals surface area contributed by atoms with Crippen LogP contribution in [0.2, 0.25) is 5.02 Å². The third kappa shape index (κ3) is 2.85. The molecule has 1 aliphatic heterocycles. The minimum absolute atomic E-state index is 0.0391. The molecule has 0 aromatic heterocycles. The molecular weight excluding hydrogens is 264 g/mol. The molecule has 0 aliphatic carbocycles. The first kappa shape index (κ1) is 14.2. The molecule has 0 saturated carbocycles. The second-order valence-electron chi connectivity index (χ2n) is 4.99. The fourth-order valence-electron chi connectivity index (χ4n) is 2.60. The maximum Gasteiger partial charge on any atom is 0.257 e. The van der Waals surface area contributed by atoms with E-state index in [-0.39, 0.29) is 11.9 Å². The molecule has 1 saturated heterocycles. The number of hydrogen-bond acceptors (Lipinski definition) is 3.